The fourth-order valence-corrected chi connectivity index (χ4v) is 1.95. The quantitative estimate of drug-likeness (QED) is 0.719. The van der Waals surface area contributed by atoms with Crippen molar-refractivity contribution in [2.24, 2.45) is 5.73 Å². The zero-order valence-electron chi connectivity index (χ0n) is 9.41. The number of nitrogens with two attached hydrogens (primary N) is 1. The second kappa shape index (κ2) is 4.13. The molecule has 82 valence electrons. The lowest BCUT2D eigenvalue weighted by molar-refractivity contribution is 0.0333. The maximum atomic E-state index is 5.68. The molecule has 14 heavy (non-hydrogen) atoms. The molecule has 1 aliphatic heterocycles. The van der Waals surface area contributed by atoms with Crippen LogP contribution in [0.5, 0.6) is 0 Å². The molecule has 0 spiro atoms. The molecular weight excluding hydrogens is 196 g/mol. The number of thiocarbonyl (C=S) groups is 1. The Morgan fingerprint density at radius 3 is 2.57 bits per heavy atom. The molecule has 0 amide bonds. The molecule has 0 aliphatic carbocycles. The number of ether oxygens (including phenoxy) is 1. The van der Waals surface area contributed by atoms with Crippen molar-refractivity contribution >= 4 is 17.2 Å². The molecule has 0 aromatic heterocycles. The van der Waals surface area contributed by atoms with Crippen molar-refractivity contribution in [1.82, 2.24) is 4.90 Å². The molecule has 1 aliphatic rings. The van der Waals surface area contributed by atoms with Gasteiger partial charge in [0, 0.05) is 6.04 Å². The fraction of sp³-hybridized carbons (Fsp3) is 0.900. The van der Waals surface area contributed by atoms with Gasteiger partial charge in [0.1, 0.15) is 0 Å². The van der Waals surface area contributed by atoms with Crippen LogP contribution in [-0.4, -0.2) is 41.2 Å². The van der Waals surface area contributed by atoms with Gasteiger partial charge in [-0.15, -0.1) is 0 Å². The van der Waals surface area contributed by atoms with Crippen molar-refractivity contribution in [2.45, 2.75) is 44.9 Å². The van der Waals surface area contributed by atoms with Gasteiger partial charge in [0.15, 0.2) is 0 Å². The Hall–Kier alpha value is -0.190. The van der Waals surface area contributed by atoms with E-state index < -0.39 is 0 Å². The summed E-state index contributed by atoms with van der Waals surface area (Å²) in [6.45, 7) is 7.04. The largest absolute Gasteiger partial charge is 0.392 e. The molecule has 0 saturated carbocycles. The highest BCUT2D eigenvalue weighted by Gasteiger charge is 2.35. The van der Waals surface area contributed by atoms with E-state index in [1.807, 2.05) is 6.92 Å². The lowest BCUT2D eigenvalue weighted by Crippen LogP contribution is -2.45. The predicted molar refractivity (Wildman–Crippen MR) is 62.4 cm³/mol. The van der Waals surface area contributed by atoms with Crippen LogP contribution in [0.1, 0.15) is 27.2 Å². The van der Waals surface area contributed by atoms with Crippen molar-refractivity contribution in [1.29, 1.82) is 0 Å². The number of hydrogen-bond acceptors (Lipinski definition) is 3. The summed E-state index contributed by atoms with van der Waals surface area (Å²) in [5.74, 6) is 0. The summed E-state index contributed by atoms with van der Waals surface area (Å²) in [6, 6.07) is 0.578. The van der Waals surface area contributed by atoms with Gasteiger partial charge in [-0.05, 0) is 34.2 Å². The van der Waals surface area contributed by atoms with Gasteiger partial charge < -0.3 is 10.5 Å². The Morgan fingerprint density at radius 1 is 1.64 bits per heavy atom. The van der Waals surface area contributed by atoms with E-state index in [2.05, 4.69) is 25.8 Å². The van der Waals surface area contributed by atoms with Crippen LogP contribution in [0.2, 0.25) is 0 Å². The van der Waals surface area contributed by atoms with Crippen LogP contribution >= 0.6 is 12.2 Å². The van der Waals surface area contributed by atoms with Crippen molar-refractivity contribution in [2.75, 3.05) is 13.7 Å². The number of hydrogen-bond donors (Lipinski definition) is 1. The van der Waals surface area contributed by atoms with Crippen LogP contribution < -0.4 is 5.73 Å². The minimum absolute atomic E-state index is 0.00509. The summed E-state index contributed by atoms with van der Waals surface area (Å²) in [7, 11) is 2.05. The van der Waals surface area contributed by atoms with Crippen LogP contribution in [0.15, 0.2) is 0 Å². The first-order chi connectivity index (χ1) is 6.33. The average Bonchev–Trinajstić information content (AvgIpc) is 2.43. The van der Waals surface area contributed by atoms with Crippen molar-refractivity contribution in [3.8, 4) is 0 Å². The Balaban J connectivity index is 2.55. The van der Waals surface area contributed by atoms with Crippen LogP contribution in [0, 0.1) is 0 Å². The molecule has 4 heteroatoms. The highest BCUT2D eigenvalue weighted by Crippen LogP contribution is 2.28. The maximum absolute atomic E-state index is 5.68. The van der Waals surface area contributed by atoms with Gasteiger partial charge in [-0.1, -0.05) is 12.2 Å². The van der Waals surface area contributed by atoms with E-state index in [9.17, 15) is 0 Å². The fourth-order valence-electron chi connectivity index (χ4n) is 1.79. The summed E-state index contributed by atoms with van der Waals surface area (Å²) in [5.41, 5.74) is 5.62. The van der Waals surface area contributed by atoms with E-state index in [0.29, 0.717) is 11.0 Å². The summed E-state index contributed by atoms with van der Waals surface area (Å²) in [4.78, 5) is 2.76. The molecule has 1 fully saturated rings. The summed E-state index contributed by atoms with van der Waals surface area (Å²) >= 11 is 4.98. The molecular formula is C10H20N2OS. The molecule has 0 bridgehead atoms. The smallest absolute Gasteiger partial charge is 0.0899 e. The highest BCUT2D eigenvalue weighted by atomic mass is 32.1. The van der Waals surface area contributed by atoms with E-state index in [1.54, 1.807) is 0 Å². The number of likely N-dealkylation sites (N-methyl/N-ethyl adjacent to an activating group) is 1. The predicted octanol–water partition coefficient (Wildman–Crippen LogP) is 1.16. The Bertz CT molecular complexity index is 230. The lowest BCUT2D eigenvalue weighted by Gasteiger charge is -2.29. The third-order valence-electron chi connectivity index (χ3n) is 2.99. The number of rotatable bonds is 3. The Labute approximate surface area is 91.6 Å². The van der Waals surface area contributed by atoms with Gasteiger partial charge in [-0.2, -0.15) is 0 Å². The first-order valence-corrected chi connectivity index (χ1v) is 5.39. The minimum Gasteiger partial charge on any atom is -0.392 e. The van der Waals surface area contributed by atoms with Crippen LogP contribution in [0.25, 0.3) is 0 Å². The molecule has 0 aromatic rings. The molecule has 2 unspecified atom stereocenters. The molecule has 1 saturated heterocycles. The summed E-state index contributed by atoms with van der Waals surface area (Å²) in [5, 5.41) is 0. The zero-order valence-corrected chi connectivity index (χ0v) is 10.2. The minimum atomic E-state index is -0.00509. The van der Waals surface area contributed by atoms with E-state index >= 15 is 0 Å². The normalized spacial score (nSPS) is 27.9. The van der Waals surface area contributed by atoms with E-state index in [1.165, 1.54) is 0 Å². The molecule has 3 nitrogen and oxygen atoms in total. The van der Waals surface area contributed by atoms with Gasteiger partial charge in [0.05, 0.1) is 23.2 Å². The summed E-state index contributed by atoms with van der Waals surface area (Å²) in [6.07, 6.45) is 1.04. The van der Waals surface area contributed by atoms with Crippen molar-refractivity contribution in [3.63, 3.8) is 0 Å². The van der Waals surface area contributed by atoms with Crippen molar-refractivity contribution < 1.29 is 4.74 Å². The van der Waals surface area contributed by atoms with E-state index in [0.717, 1.165) is 13.0 Å². The Morgan fingerprint density at radius 2 is 2.21 bits per heavy atom. The second-order valence-corrected chi connectivity index (χ2v) is 5.14. The van der Waals surface area contributed by atoms with E-state index in [-0.39, 0.29) is 11.6 Å². The maximum Gasteiger partial charge on any atom is 0.0899 e. The van der Waals surface area contributed by atoms with Crippen LogP contribution in [0.3, 0.4) is 0 Å². The van der Waals surface area contributed by atoms with E-state index in [4.69, 9.17) is 22.7 Å². The van der Waals surface area contributed by atoms with Gasteiger partial charge in [0.25, 0.3) is 0 Å². The molecule has 1 heterocycles. The molecule has 1 rings (SSSR count). The lowest BCUT2D eigenvalue weighted by atomic mass is 10.0. The van der Waals surface area contributed by atoms with Gasteiger partial charge in [0.2, 0.25) is 0 Å². The van der Waals surface area contributed by atoms with Crippen LogP contribution in [-0.2, 0) is 4.74 Å². The first kappa shape index (κ1) is 11.9. The summed E-state index contributed by atoms with van der Waals surface area (Å²) < 4.78 is 5.68. The van der Waals surface area contributed by atoms with Gasteiger partial charge in [-0.25, -0.2) is 0 Å². The molecule has 0 aromatic carbocycles. The first-order valence-electron chi connectivity index (χ1n) is 4.99. The highest BCUT2D eigenvalue weighted by molar-refractivity contribution is 7.80. The van der Waals surface area contributed by atoms with Gasteiger partial charge in [-0.3, -0.25) is 4.90 Å². The standard InChI is InChI=1S/C10H20N2OS/c1-7(9(11)14)12(4)8-5-10(2,3)13-6-8/h7-8H,5-6H2,1-4H3,(H2,11,14). The number of nitrogens with zero attached hydrogens (tertiary/aromatic N) is 1. The Kier molecular flexibility index (Phi) is 3.50. The topological polar surface area (TPSA) is 38.5 Å². The SMILES string of the molecule is CC(C(N)=S)N(C)C1COC(C)(C)C1. The molecule has 0 radical (unpaired) electrons. The average molecular weight is 216 g/mol. The third kappa shape index (κ3) is 2.65. The van der Waals surface area contributed by atoms with Crippen LogP contribution in [0.4, 0.5) is 0 Å². The molecule has 2 N–H and O–H groups in total. The monoisotopic (exact) mass is 216 g/mol. The van der Waals surface area contributed by atoms with Crippen molar-refractivity contribution in [3.05, 3.63) is 0 Å². The second-order valence-electron chi connectivity index (χ2n) is 4.67. The van der Waals surface area contributed by atoms with Gasteiger partial charge >= 0.3 is 0 Å². The third-order valence-corrected chi connectivity index (χ3v) is 3.33. The zero-order chi connectivity index (χ0) is 10.9. The molecule has 2 atom stereocenters.